The highest BCUT2D eigenvalue weighted by molar-refractivity contribution is 9.10. The van der Waals surface area contributed by atoms with E-state index in [0.29, 0.717) is 21.5 Å². The Morgan fingerprint density at radius 2 is 2.24 bits per heavy atom. The van der Waals surface area contributed by atoms with E-state index in [1.807, 2.05) is 6.07 Å². The van der Waals surface area contributed by atoms with Crippen LogP contribution in [0.5, 0.6) is 11.5 Å². The van der Waals surface area contributed by atoms with Crippen molar-refractivity contribution < 1.29 is 14.3 Å². The van der Waals surface area contributed by atoms with Gasteiger partial charge in [-0.3, -0.25) is 4.79 Å². The van der Waals surface area contributed by atoms with Gasteiger partial charge in [-0.05, 0) is 33.6 Å². The maximum absolute atomic E-state index is 11.1. The molecule has 0 bridgehead atoms. The predicted molar refractivity (Wildman–Crippen MR) is 77.8 cm³/mol. The summed E-state index contributed by atoms with van der Waals surface area (Å²) < 4.78 is 11.0. The number of carbonyl (C=O) groups excluding carboxylic acids is 1. The molecular formula is C13H11BrN4O3. The molecule has 0 aliphatic rings. The van der Waals surface area contributed by atoms with Gasteiger partial charge in [0.25, 0.3) is 5.91 Å². The van der Waals surface area contributed by atoms with Crippen LogP contribution in [0.25, 0.3) is 0 Å². The molecule has 0 unspecified atom stereocenters. The average molecular weight is 351 g/mol. The maximum Gasteiger partial charge on any atom is 0.254 e. The van der Waals surface area contributed by atoms with E-state index in [-0.39, 0.29) is 13.0 Å². The maximum atomic E-state index is 11.1. The van der Waals surface area contributed by atoms with Gasteiger partial charge < -0.3 is 9.47 Å². The van der Waals surface area contributed by atoms with Crippen LogP contribution >= 0.6 is 15.9 Å². The van der Waals surface area contributed by atoms with Gasteiger partial charge >= 0.3 is 0 Å². The summed E-state index contributed by atoms with van der Waals surface area (Å²) in [7, 11) is 1.47. The number of nitrogens with zero attached hydrogens (tertiary/aromatic N) is 3. The number of benzene rings is 1. The molecular weight excluding hydrogens is 340 g/mol. The number of halogens is 1. The lowest BCUT2D eigenvalue weighted by Crippen LogP contribution is -2.16. The second-order valence-electron chi connectivity index (χ2n) is 3.61. The first-order chi connectivity index (χ1) is 10.1. The molecule has 1 rings (SSSR count). The monoisotopic (exact) mass is 350 g/mol. The summed E-state index contributed by atoms with van der Waals surface area (Å²) in [6.07, 6.45) is 1.14. The van der Waals surface area contributed by atoms with Gasteiger partial charge in [0, 0.05) is 0 Å². The largest absolute Gasteiger partial charge is 0.493 e. The zero-order valence-electron chi connectivity index (χ0n) is 11.1. The molecule has 0 fully saturated rings. The highest BCUT2D eigenvalue weighted by Gasteiger charge is 2.11. The second-order valence-corrected chi connectivity index (χ2v) is 4.46. The molecule has 0 atom stereocenters. The lowest BCUT2D eigenvalue weighted by Gasteiger charge is -2.11. The summed E-state index contributed by atoms with van der Waals surface area (Å²) in [4.78, 5) is 11.1. The first-order valence-electron chi connectivity index (χ1n) is 5.68. The SMILES string of the molecule is COc1cc(C=NNC(=O)CC#N)cc(Br)c1OCC#N. The van der Waals surface area contributed by atoms with Crippen molar-refractivity contribution in [2.45, 2.75) is 6.42 Å². The summed E-state index contributed by atoms with van der Waals surface area (Å²) in [5.74, 6) is 0.336. The molecule has 0 saturated carbocycles. The molecule has 0 aliphatic heterocycles. The van der Waals surface area contributed by atoms with E-state index in [1.54, 1.807) is 18.2 Å². The van der Waals surface area contributed by atoms with Crippen LogP contribution in [0, 0.1) is 22.7 Å². The molecule has 1 aromatic rings. The molecule has 0 heterocycles. The predicted octanol–water partition coefficient (Wildman–Crippen LogP) is 1.72. The molecule has 0 aromatic heterocycles. The Morgan fingerprint density at radius 1 is 1.48 bits per heavy atom. The number of carbonyl (C=O) groups is 1. The third-order valence-corrected chi connectivity index (χ3v) is 2.76. The van der Waals surface area contributed by atoms with E-state index in [0.717, 1.165) is 0 Å². The second kappa shape index (κ2) is 8.56. The number of hydrogen-bond donors (Lipinski definition) is 1. The van der Waals surface area contributed by atoms with Crippen molar-refractivity contribution in [3.63, 3.8) is 0 Å². The van der Waals surface area contributed by atoms with Crippen molar-refractivity contribution in [3.05, 3.63) is 22.2 Å². The highest BCUT2D eigenvalue weighted by atomic mass is 79.9. The van der Waals surface area contributed by atoms with Gasteiger partial charge in [-0.25, -0.2) is 5.43 Å². The number of hydrogen-bond acceptors (Lipinski definition) is 6. The Labute approximate surface area is 129 Å². The van der Waals surface area contributed by atoms with Crippen LogP contribution in [0.1, 0.15) is 12.0 Å². The number of hydrazone groups is 1. The van der Waals surface area contributed by atoms with Gasteiger partial charge in [-0.2, -0.15) is 15.6 Å². The minimum atomic E-state index is -0.492. The van der Waals surface area contributed by atoms with Crippen molar-refractivity contribution in [1.82, 2.24) is 5.43 Å². The number of amides is 1. The molecule has 0 spiro atoms. The lowest BCUT2D eigenvalue weighted by atomic mass is 10.2. The number of nitrogens with one attached hydrogen (secondary N) is 1. The summed E-state index contributed by atoms with van der Waals surface area (Å²) in [6, 6.07) is 6.91. The first kappa shape index (κ1) is 16.5. The third kappa shape index (κ3) is 5.13. The van der Waals surface area contributed by atoms with Crippen LogP contribution in [-0.2, 0) is 4.79 Å². The quantitative estimate of drug-likeness (QED) is 0.620. The van der Waals surface area contributed by atoms with Crippen LogP contribution in [0.4, 0.5) is 0 Å². The van der Waals surface area contributed by atoms with E-state index in [1.165, 1.54) is 13.3 Å². The van der Waals surface area contributed by atoms with Gasteiger partial charge in [0.2, 0.25) is 0 Å². The molecule has 7 nitrogen and oxygen atoms in total. The van der Waals surface area contributed by atoms with E-state index in [9.17, 15) is 4.79 Å². The standard InChI is InChI=1S/C13H11BrN4O3/c1-20-11-7-9(8-17-18-12(19)2-3-15)6-10(14)13(11)21-5-4-16/h6-8H,2,5H2,1H3,(H,18,19). The van der Waals surface area contributed by atoms with Crippen LogP contribution in [0.2, 0.25) is 0 Å². The van der Waals surface area contributed by atoms with Crippen molar-refractivity contribution >= 4 is 28.1 Å². The van der Waals surface area contributed by atoms with Gasteiger partial charge in [0.1, 0.15) is 12.5 Å². The molecule has 0 radical (unpaired) electrons. The molecule has 0 aliphatic carbocycles. The van der Waals surface area contributed by atoms with Crippen molar-refractivity contribution in [2.75, 3.05) is 13.7 Å². The van der Waals surface area contributed by atoms with Crippen LogP contribution in [-0.4, -0.2) is 25.8 Å². The van der Waals surface area contributed by atoms with E-state index in [4.69, 9.17) is 20.0 Å². The van der Waals surface area contributed by atoms with E-state index >= 15 is 0 Å². The number of ether oxygens (including phenoxy) is 2. The minimum Gasteiger partial charge on any atom is -0.493 e. The molecule has 0 saturated heterocycles. The number of rotatable bonds is 6. The molecule has 21 heavy (non-hydrogen) atoms. The van der Waals surface area contributed by atoms with Crippen molar-refractivity contribution in [3.8, 4) is 23.6 Å². The summed E-state index contributed by atoms with van der Waals surface area (Å²) in [5, 5.41) is 20.6. The Bertz CT molecular complexity index is 632. The number of nitriles is 2. The molecule has 1 N–H and O–H groups in total. The Hall–Kier alpha value is -2.58. The Balaban J connectivity index is 2.88. The van der Waals surface area contributed by atoms with Crippen molar-refractivity contribution in [1.29, 1.82) is 10.5 Å². The normalized spacial score (nSPS) is 9.71. The van der Waals surface area contributed by atoms with Gasteiger partial charge in [-0.1, -0.05) is 0 Å². The van der Waals surface area contributed by atoms with Crippen LogP contribution in [0.3, 0.4) is 0 Å². The van der Waals surface area contributed by atoms with E-state index in [2.05, 4.69) is 26.5 Å². The fourth-order valence-corrected chi connectivity index (χ4v) is 1.92. The first-order valence-corrected chi connectivity index (χ1v) is 6.47. The topological polar surface area (TPSA) is 108 Å². The Kier molecular flexibility index (Phi) is 6.72. The zero-order chi connectivity index (χ0) is 15.7. The van der Waals surface area contributed by atoms with Crippen LogP contribution < -0.4 is 14.9 Å². The minimum absolute atomic E-state index is 0.105. The average Bonchev–Trinajstić information content (AvgIpc) is 2.46. The summed E-state index contributed by atoms with van der Waals surface area (Å²) in [5.41, 5.74) is 2.85. The highest BCUT2D eigenvalue weighted by Crippen LogP contribution is 2.36. The zero-order valence-corrected chi connectivity index (χ0v) is 12.7. The smallest absolute Gasteiger partial charge is 0.254 e. The lowest BCUT2D eigenvalue weighted by molar-refractivity contribution is -0.120. The van der Waals surface area contributed by atoms with Crippen LogP contribution in [0.15, 0.2) is 21.7 Å². The third-order valence-electron chi connectivity index (χ3n) is 2.18. The van der Waals surface area contributed by atoms with Gasteiger partial charge in [-0.15, -0.1) is 0 Å². The molecule has 1 amide bonds. The fourth-order valence-electron chi connectivity index (χ4n) is 1.35. The van der Waals surface area contributed by atoms with E-state index < -0.39 is 5.91 Å². The summed E-state index contributed by atoms with van der Waals surface area (Å²) >= 11 is 3.31. The molecule has 8 heteroatoms. The van der Waals surface area contributed by atoms with Crippen molar-refractivity contribution in [2.24, 2.45) is 5.10 Å². The number of methoxy groups -OCH3 is 1. The molecule has 108 valence electrons. The molecule has 1 aromatic carbocycles. The van der Waals surface area contributed by atoms with Gasteiger partial charge in [0.05, 0.1) is 23.9 Å². The summed E-state index contributed by atoms with van der Waals surface area (Å²) in [6.45, 7) is -0.105. The van der Waals surface area contributed by atoms with Gasteiger partial charge in [0.15, 0.2) is 18.1 Å². The Morgan fingerprint density at radius 3 is 2.86 bits per heavy atom. The fraction of sp³-hybridized carbons (Fsp3) is 0.231.